The van der Waals surface area contributed by atoms with Gasteiger partial charge in [-0.25, -0.2) is 14.6 Å². The average molecular weight is 641 g/mol. The number of nitrogens with zero attached hydrogens (tertiary/aromatic N) is 4. The van der Waals surface area contributed by atoms with Gasteiger partial charge in [0.25, 0.3) is 11.8 Å². The van der Waals surface area contributed by atoms with E-state index in [0.29, 0.717) is 19.4 Å². The summed E-state index contributed by atoms with van der Waals surface area (Å²) >= 11 is 2.22. The molecule has 3 amide bonds. The minimum atomic E-state index is -1.11. The summed E-state index contributed by atoms with van der Waals surface area (Å²) in [6.07, 6.45) is 0.658. The first-order valence-corrected chi connectivity index (χ1v) is 15.1. The predicted octanol–water partition coefficient (Wildman–Crippen LogP) is 0.241. The number of fused-ring (bicyclic) bond motifs is 1. The Labute approximate surface area is 254 Å². The van der Waals surface area contributed by atoms with Crippen LogP contribution in [0.25, 0.3) is 0 Å². The lowest BCUT2D eigenvalue weighted by Crippen LogP contribution is -2.71. The molecule has 0 spiro atoms. The highest BCUT2D eigenvalue weighted by Gasteiger charge is 2.55. The first-order chi connectivity index (χ1) is 20.4. The van der Waals surface area contributed by atoms with Crippen LogP contribution in [0.5, 0.6) is 0 Å². The molecule has 2 saturated heterocycles. The molecule has 5 N–H and O–H groups in total. The van der Waals surface area contributed by atoms with Crippen molar-refractivity contribution in [1.82, 2.24) is 20.1 Å². The molecule has 4 rings (SSSR count). The maximum atomic E-state index is 13.3. The minimum absolute atomic E-state index is 0.0157. The van der Waals surface area contributed by atoms with Crippen molar-refractivity contribution in [2.24, 2.45) is 10.6 Å². The van der Waals surface area contributed by atoms with Crippen LogP contribution in [0, 0.1) is 5.41 Å². The number of rotatable bonds is 9. The van der Waals surface area contributed by atoms with E-state index in [2.05, 4.69) is 15.5 Å². The predicted molar refractivity (Wildman–Crippen MR) is 152 cm³/mol. The van der Waals surface area contributed by atoms with E-state index in [4.69, 9.17) is 19.9 Å². The third-order valence-corrected chi connectivity index (χ3v) is 8.81. The summed E-state index contributed by atoms with van der Waals surface area (Å²) in [5.74, 6) is -3.06. The molecule has 1 unspecified atom stereocenters. The lowest BCUT2D eigenvalue weighted by Gasteiger charge is -2.49. The number of thioether (sulfide) groups is 1. The normalized spacial score (nSPS) is 22.1. The molecule has 1 aromatic heterocycles. The number of thiazole rings is 1. The van der Waals surface area contributed by atoms with Crippen LogP contribution < -0.4 is 11.1 Å². The zero-order valence-corrected chi connectivity index (χ0v) is 25.2. The van der Waals surface area contributed by atoms with Crippen molar-refractivity contribution in [2.45, 2.75) is 51.1 Å². The highest BCUT2D eigenvalue weighted by atomic mass is 32.2. The quantitative estimate of drug-likeness (QED) is 0.0710. The SMILES string of the molecule is CC(C)(C)C(=O)OCOC(=O)C1=C(COC(=O)N2CCC[C@H]2CO)CS[C@@H]2C(NC(=O)/C(=N/O)c3csc(N)n3)C(=O)N12. The lowest BCUT2D eigenvalue weighted by atomic mass is 9.98. The van der Waals surface area contributed by atoms with Gasteiger partial charge in [-0.2, -0.15) is 0 Å². The highest BCUT2D eigenvalue weighted by Crippen LogP contribution is 2.41. The standard InChI is InChI=1S/C25H32N6O10S2/c1-25(2,3)22(36)41-11-40-21(35)17-12(8-39-24(37)30-6-4-5-13(30)7-32)9-42-20-16(19(34)31(17)20)28-18(33)15(29-38)14-10-43-23(26)27-14/h10,13,16,20,32,38H,4-9,11H2,1-3H3,(H2,26,27)(H,28,33)/b29-15+/t13-,16?,20+/m0/s1. The van der Waals surface area contributed by atoms with E-state index in [1.165, 1.54) is 22.0 Å². The molecule has 0 bridgehead atoms. The van der Waals surface area contributed by atoms with E-state index >= 15 is 0 Å². The number of ether oxygens (including phenoxy) is 3. The Hall–Kier alpha value is -3.90. The second-order valence-electron chi connectivity index (χ2n) is 10.8. The van der Waals surface area contributed by atoms with Gasteiger partial charge in [-0.05, 0) is 33.6 Å². The van der Waals surface area contributed by atoms with E-state index < -0.39 is 59.2 Å². The first kappa shape index (κ1) is 32.0. The largest absolute Gasteiger partial charge is 0.445 e. The van der Waals surface area contributed by atoms with Crippen LogP contribution in [-0.2, 0) is 33.4 Å². The van der Waals surface area contributed by atoms with E-state index in [-0.39, 0.29) is 47.1 Å². The van der Waals surface area contributed by atoms with Crippen LogP contribution in [0.1, 0.15) is 39.3 Å². The first-order valence-electron chi connectivity index (χ1n) is 13.2. The van der Waals surface area contributed by atoms with Crippen molar-refractivity contribution in [3.8, 4) is 0 Å². The number of amides is 3. The Balaban J connectivity index is 1.50. The maximum Gasteiger partial charge on any atom is 0.410 e. The van der Waals surface area contributed by atoms with E-state index in [0.717, 1.165) is 16.2 Å². The fourth-order valence-corrected chi connectivity index (χ4v) is 6.40. The zero-order valence-electron chi connectivity index (χ0n) is 23.6. The highest BCUT2D eigenvalue weighted by molar-refractivity contribution is 8.00. The summed E-state index contributed by atoms with van der Waals surface area (Å²) in [7, 11) is 0. The van der Waals surface area contributed by atoms with Crippen molar-refractivity contribution in [3.63, 3.8) is 0 Å². The van der Waals surface area contributed by atoms with Crippen LogP contribution in [0.3, 0.4) is 0 Å². The molecule has 43 heavy (non-hydrogen) atoms. The number of β-lactam (4-membered cyclic amide) rings is 1. The van der Waals surface area contributed by atoms with Crippen LogP contribution >= 0.6 is 23.1 Å². The van der Waals surface area contributed by atoms with E-state index in [1.54, 1.807) is 20.8 Å². The number of hydrogen-bond acceptors (Lipinski definition) is 15. The zero-order chi connectivity index (χ0) is 31.5. The lowest BCUT2D eigenvalue weighted by molar-refractivity contribution is -0.173. The second-order valence-corrected chi connectivity index (χ2v) is 12.8. The molecule has 0 aromatic carbocycles. The third-order valence-electron chi connectivity index (χ3n) is 6.79. The second kappa shape index (κ2) is 13.2. The Morgan fingerprint density at radius 3 is 2.60 bits per heavy atom. The van der Waals surface area contributed by atoms with Crippen LogP contribution in [0.15, 0.2) is 21.8 Å². The average Bonchev–Trinajstić information content (AvgIpc) is 3.62. The van der Waals surface area contributed by atoms with Gasteiger partial charge < -0.3 is 40.5 Å². The molecule has 0 aliphatic carbocycles. The van der Waals surface area contributed by atoms with Gasteiger partial charge in [-0.3, -0.25) is 19.3 Å². The number of aliphatic hydroxyl groups excluding tert-OH is 1. The number of esters is 2. The Morgan fingerprint density at radius 1 is 1.23 bits per heavy atom. The van der Waals surface area contributed by atoms with Gasteiger partial charge in [-0.1, -0.05) is 5.16 Å². The number of nitrogens with one attached hydrogen (secondary N) is 1. The number of hydrogen-bond donors (Lipinski definition) is 4. The number of likely N-dealkylation sites (tertiary alicyclic amines) is 1. The number of anilines is 1. The summed E-state index contributed by atoms with van der Waals surface area (Å²) < 4.78 is 15.6. The van der Waals surface area contributed by atoms with Crippen LogP contribution in [-0.4, -0.2) is 110 Å². The van der Waals surface area contributed by atoms with Gasteiger partial charge in [0.05, 0.1) is 18.1 Å². The minimum Gasteiger partial charge on any atom is -0.445 e. The molecule has 16 nitrogen and oxygen atoms in total. The third kappa shape index (κ3) is 6.86. The Kier molecular flexibility index (Phi) is 9.81. The van der Waals surface area contributed by atoms with Gasteiger partial charge in [0.2, 0.25) is 6.79 Å². The van der Waals surface area contributed by atoms with Crippen LogP contribution in [0.4, 0.5) is 9.93 Å². The smallest absolute Gasteiger partial charge is 0.410 e. The number of aliphatic hydroxyl groups is 1. The molecular formula is C25H32N6O10S2. The molecule has 0 radical (unpaired) electrons. The summed E-state index contributed by atoms with van der Waals surface area (Å²) in [4.78, 5) is 70.6. The molecule has 3 aliphatic heterocycles. The summed E-state index contributed by atoms with van der Waals surface area (Å²) in [6, 6.07) is -1.48. The molecule has 18 heteroatoms. The molecular weight excluding hydrogens is 608 g/mol. The van der Waals surface area contributed by atoms with Gasteiger partial charge >= 0.3 is 18.0 Å². The molecule has 1 aromatic rings. The Bertz CT molecular complexity index is 1360. The summed E-state index contributed by atoms with van der Waals surface area (Å²) in [5, 5.41) is 25.2. The number of oxime groups is 1. The topological polar surface area (TPSA) is 223 Å². The van der Waals surface area contributed by atoms with E-state index in [9.17, 15) is 34.3 Å². The maximum absolute atomic E-state index is 13.3. The Morgan fingerprint density at radius 2 is 1.98 bits per heavy atom. The van der Waals surface area contributed by atoms with Crippen molar-refractivity contribution < 1.29 is 48.5 Å². The fourth-order valence-electron chi connectivity index (χ4n) is 4.52. The summed E-state index contributed by atoms with van der Waals surface area (Å²) in [5.41, 5.74) is 4.36. The fraction of sp³-hybridized carbons (Fsp3) is 0.560. The van der Waals surface area contributed by atoms with E-state index in [1.807, 2.05) is 0 Å². The molecule has 3 atom stereocenters. The molecule has 3 aliphatic rings. The molecule has 0 saturated carbocycles. The molecule has 2 fully saturated rings. The van der Waals surface area contributed by atoms with Crippen molar-refractivity contribution >= 4 is 63.8 Å². The number of aromatic nitrogens is 1. The monoisotopic (exact) mass is 640 g/mol. The van der Waals surface area contributed by atoms with Gasteiger partial charge in [0.15, 0.2) is 10.8 Å². The molecule has 4 heterocycles. The van der Waals surface area contributed by atoms with Crippen molar-refractivity contribution in [2.75, 3.05) is 38.0 Å². The van der Waals surface area contributed by atoms with Crippen molar-refractivity contribution in [1.29, 1.82) is 0 Å². The van der Waals surface area contributed by atoms with Crippen LogP contribution in [0.2, 0.25) is 0 Å². The van der Waals surface area contributed by atoms with Gasteiger partial charge in [0.1, 0.15) is 29.4 Å². The number of carbonyl (C=O) groups excluding carboxylic acids is 5. The summed E-state index contributed by atoms with van der Waals surface area (Å²) in [6.45, 7) is 4.00. The molecule has 234 valence electrons. The van der Waals surface area contributed by atoms with Gasteiger partial charge in [0, 0.05) is 23.3 Å². The number of carbonyl (C=O) groups is 5. The van der Waals surface area contributed by atoms with Crippen molar-refractivity contribution in [3.05, 3.63) is 22.3 Å². The number of nitrogens with two attached hydrogens (primary N) is 1. The number of nitrogen functional groups attached to an aromatic ring is 1. The van der Waals surface area contributed by atoms with Gasteiger partial charge in [-0.15, -0.1) is 23.1 Å².